The van der Waals surface area contributed by atoms with Gasteiger partial charge in [-0.3, -0.25) is 9.59 Å². The van der Waals surface area contributed by atoms with E-state index in [1.165, 1.54) is 19.3 Å². The first-order chi connectivity index (χ1) is 14.4. The predicted octanol–water partition coefficient (Wildman–Crippen LogP) is 4.53. The SMILES string of the molecule is Cc1cc(C(=O)NC2CCCCC2)ccc1NC(=O)CCCc1nc(C(C)C)no1. The number of hydrogen-bond donors (Lipinski definition) is 2. The normalized spacial score (nSPS) is 14.7. The molecule has 1 aliphatic rings. The standard InChI is InChI=1S/C23H32N4O3/c1-15(2)22-26-21(30-27-22)11-7-10-20(28)25-19-13-12-17(14-16(19)3)23(29)24-18-8-5-4-6-9-18/h12-15,18H,4-11H2,1-3H3,(H,24,29)(H,25,28). The smallest absolute Gasteiger partial charge is 0.251 e. The highest BCUT2D eigenvalue weighted by Crippen LogP contribution is 2.20. The second kappa shape index (κ2) is 10.4. The maximum absolute atomic E-state index is 12.5. The fourth-order valence-corrected chi connectivity index (χ4v) is 3.68. The highest BCUT2D eigenvalue weighted by molar-refractivity contribution is 5.96. The van der Waals surface area contributed by atoms with Crippen LogP contribution in [-0.2, 0) is 11.2 Å². The molecule has 2 aromatic rings. The Labute approximate surface area is 178 Å². The van der Waals surface area contributed by atoms with Crippen molar-refractivity contribution in [2.75, 3.05) is 5.32 Å². The lowest BCUT2D eigenvalue weighted by Crippen LogP contribution is -2.36. The van der Waals surface area contributed by atoms with Crippen LogP contribution in [0.25, 0.3) is 0 Å². The minimum atomic E-state index is -0.0684. The third-order valence-electron chi connectivity index (χ3n) is 5.50. The number of aryl methyl sites for hydroxylation is 2. The molecule has 7 nitrogen and oxygen atoms in total. The number of hydrogen-bond acceptors (Lipinski definition) is 5. The highest BCUT2D eigenvalue weighted by Gasteiger charge is 2.17. The number of aromatic nitrogens is 2. The molecule has 1 aromatic carbocycles. The summed E-state index contributed by atoms with van der Waals surface area (Å²) in [6, 6.07) is 5.68. The van der Waals surface area contributed by atoms with Gasteiger partial charge in [0.15, 0.2) is 5.82 Å². The topological polar surface area (TPSA) is 97.1 Å². The van der Waals surface area contributed by atoms with E-state index in [2.05, 4.69) is 20.8 Å². The van der Waals surface area contributed by atoms with E-state index in [-0.39, 0.29) is 23.8 Å². The number of amides is 2. The quantitative estimate of drug-likeness (QED) is 0.664. The van der Waals surface area contributed by atoms with Crippen molar-refractivity contribution in [3.63, 3.8) is 0 Å². The number of nitrogens with zero attached hydrogens (tertiary/aromatic N) is 2. The van der Waals surface area contributed by atoms with Crippen molar-refractivity contribution in [2.45, 2.75) is 84.1 Å². The zero-order valence-corrected chi connectivity index (χ0v) is 18.2. The van der Waals surface area contributed by atoms with Crippen LogP contribution in [-0.4, -0.2) is 28.0 Å². The number of rotatable bonds is 8. The largest absolute Gasteiger partial charge is 0.349 e. The van der Waals surface area contributed by atoms with Crippen LogP contribution in [0.1, 0.15) is 92.3 Å². The molecule has 0 saturated heterocycles. The first-order valence-corrected chi connectivity index (χ1v) is 11.0. The van der Waals surface area contributed by atoms with E-state index in [9.17, 15) is 9.59 Å². The molecule has 162 valence electrons. The maximum atomic E-state index is 12.5. The molecule has 1 saturated carbocycles. The molecule has 7 heteroatoms. The fraction of sp³-hybridized carbons (Fsp3) is 0.565. The van der Waals surface area contributed by atoms with Crippen LogP contribution in [0.2, 0.25) is 0 Å². The van der Waals surface area contributed by atoms with Gasteiger partial charge in [0.2, 0.25) is 11.8 Å². The predicted molar refractivity (Wildman–Crippen MR) is 115 cm³/mol. The van der Waals surface area contributed by atoms with E-state index in [4.69, 9.17) is 4.52 Å². The molecule has 1 aliphatic carbocycles. The van der Waals surface area contributed by atoms with E-state index in [0.29, 0.717) is 36.5 Å². The molecule has 3 rings (SSSR count). The second-order valence-electron chi connectivity index (χ2n) is 8.44. The third kappa shape index (κ3) is 6.15. The summed E-state index contributed by atoms with van der Waals surface area (Å²) in [6.45, 7) is 5.92. The Morgan fingerprint density at radius 1 is 1.20 bits per heavy atom. The average molecular weight is 413 g/mol. The van der Waals surface area contributed by atoms with Crippen molar-refractivity contribution in [3.8, 4) is 0 Å². The summed E-state index contributed by atoms with van der Waals surface area (Å²) in [4.78, 5) is 29.1. The molecule has 30 heavy (non-hydrogen) atoms. The van der Waals surface area contributed by atoms with Crippen molar-refractivity contribution in [1.82, 2.24) is 15.5 Å². The van der Waals surface area contributed by atoms with Crippen LogP contribution in [0.15, 0.2) is 22.7 Å². The van der Waals surface area contributed by atoms with Gasteiger partial charge in [-0.1, -0.05) is 38.3 Å². The molecule has 1 aromatic heterocycles. The molecular formula is C23H32N4O3. The lowest BCUT2D eigenvalue weighted by molar-refractivity contribution is -0.116. The van der Waals surface area contributed by atoms with Gasteiger partial charge < -0.3 is 15.2 Å². The zero-order valence-electron chi connectivity index (χ0n) is 18.2. The van der Waals surface area contributed by atoms with Crippen LogP contribution in [0.5, 0.6) is 0 Å². The fourth-order valence-electron chi connectivity index (χ4n) is 3.68. The van der Waals surface area contributed by atoms with Gasteiger partial charge >= 0.3 is 0 Å². The van der Waals surface area contributed by atoms with Crippen molar-refractivity contribution in [2.24, 2.45) is 0 Å². The Morgan fingerprint density at radius 3 is 2.63 bits per heavy atom. The Hall–Kier alpha value is -2.70. The molecule has 0 unspecified atom stereocenters. The van der Waals surface area contributed by atoms with Crippen LogP contribution in [0.3, 0.4) is 0 Å². The number of carbonyl (C=O) groups excluding carboxylic acids is 2. The highest BCUT2D eigenvalue weighted by atomic mass is 16.5. The monoisotopic (exact) mass is 412 g/mol. The summed E-state index contributed by atoms with van der Waals surface area (Å²) >= 11 is 0. The summed E-state index contributed by atoms with van der Waals surface area (Å²) in [6.07, 6.45) is 7.30. The molecular weight excluding hydrogens is 380 g/mol. The summed E-state index contributed by atoms with van der Waals surface area (Å²) in [5.74, 6) is 1.37. The van der Waals surface area contributed by atoms with Gasteiger partial charge in [0, 0.05) is 36.1 Å². The van der Waals surface area contributed by atoms with Crippen molar-refractivity contribution in [3.05, 3.63) is 41.0 Å². The van der Waals surface area contributed by atoms with E-state index in [1.807, 2.05) is 26.8 Å². The Balaban J connectivity index is 1.47. The van der Waals surface area contributed by atoms with Gasteiger partial charge in [-0.05, 0) is 49.9 Å². The van der Waals surface area contributed by atoms with Crippen LogP contribution in [0.4, 0.5) is 5.69 Å². The van der Waals surface area contributed by atoms with Gasteiger partial charge in [0.25, 0.3) is 5.91 Å². The second-order valence-corrected chi connectivity index (χ2v) is 8.44. The Morgan fingerprint density at radius 2 is 1.97 bits per heavy atom. The van der Waals surface area contributed by atoms with Gasteiger partial charge in [0.05, 0.1) is 0 Å². The van der Waals surface area contributed by atoms with Gasteiger partial charge in [-0.15, -0.1) is 0 Å². The van der Waals surface area contributed by atoms with Gasteiger partial charge in [-0.2, -0.15) is 4.98 Å². The molecule has 2 amide bonds. The number of carbonyl (C=O) groups is 2. The van der Waals surface area contributed by atoms with Crippen LogP contribution < -0.4 is 10.6 Å². The van der Waals surface area contributed by atoms with Gasteiger partial charge in [-0.25, -0.2) is 0 Å². The van der Waals surface area contributed by atoms with E-state index < -0.39 is 0 Å². The average Bonchev–Trinajstić information content (AvgIpc) is 3.19. The van der Waals surface area contributed by atoms with Crippen LogP contribution in [0, 0.1) is 6.92 Å². The lowest BCUT2D eigenvalue weighted by atomic mass is 9.95. The summed E-state index contributed by atoms with van der Waals surface area (Å²) < 4.78 is 5.20. The molecule has 0 bridgehead atoms. The lowest BCUT2D eigenvalue weighted by Gasteiger charge is -2.23. The Kier molecular flexibility index (Phi) is 7.60. The third-order valence-corrected chi connectivity index (χ3v) is 5.50. The molecule has 0 aliphatic heterocycles. The summed E-state index contributed by atoms with van der Waals surface area (Å²) in [7, 11) is 0. The minimum absolute atomic E-state index is 0.0387. The summed E-state index contributed by atoms with van der Waals surface area (Å²) in [5.41, 5.74) is 2.24. The van der Waals surface area contributed by atoms with Gasteiger partial charge in [0.1, 0.15) is 0 Å². The molecule has 1 heterocycles. The molecule has 0 atom stereocenters. The van der Waals surface area contributed by atoms with Crippen LogP contribution >= 0.6 is 0 Å². The minimum Gasteiger partial charge on any atom is -0.349 e. The number of nitrogens with one attached hydrogen (secondary N) is 2. The number of anilines is 1. The van der Waals surface area contributed by atoms with E-state index in [1.54, 1.807) is 12.1 Å². The Bertz CT molecular complexity index is 869. The summed E-state index contributed by atoms with van der Waals surface area (Å²) in [5, 5.41) is 9.99. The van der Waals surface area contributed by atoms with E-state index in [0.717, 1.165) is 24.1 Å². The van der Waals surface area contributed by atoms with Crippen molar-refractivity contribution >= 4 is 17.5 Å². The zero-order chi connectivity index (χ0) is 21.5. The van der Waals surface area contributed by atoms with Crippen molar-refractivity contribution in [1.29, 1.82) is 0 Å². The first kappa shape index (κ1) is 22.0. The number of benzene rings is 1. The van der Waals surface area contributed by atoms with Crippen molar-refractivity contribution < 1.29 is 14.1 Å². The molecule has 2 N–H and O–H groups in total. The molecule has 1 fully saturated rings. The van der Waals surface area contributed by atoms with E-state index >= 15 is 0 Å². The first-order valence-electron chi connectivity index (χ1n) is 11.0. The maximum Gasteiger partial charge on any atom is 0.251 e. The molecule has 0 spiro atoms. The molecule has 0 radical (unpaired) electrons.